The summed E-state index contributed by atoms with van der Waals surface area (Å²) in [6, 6.07) is 10.8. The molecule has 3 rings (SSSR count). The van der Waals surface area contributed by atoms with Gasteiger partial charge in [0.2, 0.25) is 0 Å². The van der Waals surface area contributed by atoms with Crippen molar-refractivity contribution in [3.63, 3.8) is 0 Å². The first-order chi connectivity index (χ1) is 10.6. The molecule has 0 aliphatic carbocycles. The second-order valence-corrected chi connectivity index (χ2v) is 6.11. The van der Waals surface area contributed by atoms with Crippen molar-refractivity contribution in [3.05, 3.63) is 63.2 Å². The minimum atomic E-state index is -0.279. The first-order valence-electron chi connectivity index (χ1n) is 6.34. The molecular weight excluding hydrogens is 338 g/mol. The van der Waals surface area contributed by atoms with Gasteiger partial charge in [0.15, 0.2) is 5.13 Å². The number of rotatable bonds is 3. The first-order valence-corrected chi connectivity index (χ1v) is 8.00. The van der Waals surface area contributed by atoms with Crippen molar-refractivity contribution in [3.8, 4) is 11.3 Å². The minimum absolute atomic E-state index is 0.279. The number of nitrogens with zero attached hydrogens (tertiary/aromatic N) is 1. The Balaban J connectivity index is 1.80. The highest BCUT2D eigenvalue weighted by Crippen LogP contribution is 2.26. The number of carbonyl (C=O) groups excluding carboxylic acids is 1. The molecule has 0 atom stereocenters. The molecule has 3 aromatic rings. The van der Waals surface area contributed by atoms with Crippen molar-refractivity contribution < 1.29 is 4.79 Å². The zero-order chi connectivity index (χ0) is 15.5. The van der Waals surface area contributed by atoms with Gasteiger partial charge in [0.05, 0.1) is 11.3 Å². The summed E-state index contributed by atoms with van der Waals surface area (Å²) in [6.45, 7) is 0. The fraction of sp³-hybridized carbons (Fsp3) is 0. The summed E-state index contributed by atoms with van der Waals surface area (Å²) in [5.74, 6) is -0.279. The van der Waals surface area contributed by atoms with Crippen molar-refractivity contribution >= 4 is 46.2 Å². The van der Waals surface area contributed by atoms with Crippen LogP contribution in [0.25, 0.3) is 11.3 Å². The number of pyridine rings is 1. The number of amides is 1. The smallest absolute Gasteiger partial charge is 0.260 e. The third-order valence-electron chi connectivity index (χ3n) is 2.93. The maximum absolute atomic E-state index is 12.2. The summed E-state index contributed by atoms with van der Waals surface area (Å²) in [4.78, 5) is 19.4. The van der Waals surface area contributed by atoms with Crippen LogP contribution in [0.3, 0.4) is 0 Å². The topological polar surface area (TPSA) is 57.8 Å². The fourth-order valence-corrected chi connectivity index (χ4v) is 2.92. The van der Waals surface area contributed by atoms with E-state index in [9.17, 15) is 4.79 Å². The van der Waals surface area contributed by atoms with Crippen LogP contribution < -0.4 is 5.32 Å². The molecule has 2 heterocycles. The maximum atomic E-state index is 12.2. The fourth-order valence-electron chi connectivity index (χ4n) is 1.85. The zero-order valence-corrected chi connectivity index (χ0v) is 13.6. The lowest BCUT2D eigenvalue weighted by atomic mass is 10.2. The molecule has 0 spiro atoms. The highest BCUT2D eigenvalue weighted by atomic mass is 35.5. The van der Waals surface area contributed by atoms with E-state index in [1.807, 2.05) is 17.5 Å². The number of hydrogen-bond acceptors (Lipinski definition) is 4. The predicted octanol–water partition coefficient (Wildman–Crippen LogP) is 4.77. The van der Waals surface area contributed by atoms with Crippen molar-refractivity contribution in [1.29, 1.82) is 0 Å². The Kier molecular flexibility index (Phi) is 4.33. The second-order valence-electron chi connectivity index (χ2n) is 4.41. The van der Waals surface area contributed by atoms with E-state index in [4.69, 9.17) is 23.8 Å². The predicted molar refractivity (Wildman–Crippen MR) is 92.1 cm³/mol. The Morgan fingerprint density at radius 3 is 2.77 bits per heavy atom. The van der Waals surface area contributed by atoms with E-state index >= 15 is 0 Å². The largest absolute Gasteiger partial charge is 0.352 e. The molecule has 1 amide bonds. The van der Waals surface area contributed by atoms with Gasteiger partial charge in [-0.25, -0.2) is 4.98 Å². The number of hydrogen-bond donors (Lipinski definition) is 2. The minimum Gasteiger partial charge on any atom is -0.352 e. The Hall–Kier alpha value is -2.02. The summed E-state index contributed by atoms with van der Waals surface area (Å²) >= 11 is 12.3. The van der Waals surface area contributed by atoms with E-state index in [1.165, 1.54) is 11.3 Å². The number of anilines is 1. The number of nitrogens with one attached hydrogen (secondary N) is 2. The van der Waals surface area contributed by atoms with Gasteiger partial charge in [0, 0.05) is 22.2 Å². The average Bonchev–Trinajstić information content (AvgIpc) is 2.97. The van der Waals surface area contributed by atoms with Crippen molar-refractivity contribution in [2.45, 2.75) is 0 Å². The lowest BCUT2D eigenvalue weighted by Gasteiger charge is -2.01. The molecule has 0 saturated heterocycles. The number of aromatic amines is 1. The van der Waals surface area contributed by atoms with Gasteiger partial charge in [0.25, 0.3) is 5.91 Å². The standard InChI is InChI=1S/C15H10ClN3OS2/c16-10-5-3-9(4-6-10)12-8-22-15(18-12)19-13(20)11-2-1-7-17-14(11)21/h1-8H,(H,17,21)(H,18,19,20). The molecule has 1 aromatic carbocycles. The molecule has 0 saturated carbocycles. The maximum Gasteiger partial charge on any atom is 0.260 e. The summed E-state index contributed by atoms with van der Waals surface area (Å²) in [6.07, 6.45) is 1.68. The van der Waals surface area contributed by atoms with Crippen molar-refractivity contribution in [2.75, 3.05) is 5.32 Å². The van der Waals surface area contributed by atoms with E-state index < -0.39 is 0 Å². The molecule has 110 valence electrons. The monoisotopic (exact) mass is 347 g/mol. The number of carbonyl (C=O) groups is 1. The van der Waals surface area contributed by atoms with Crippen LogP contribution >= 0.6 is 35.2 Å². The Morgan fingerprint density at radius 1 is 1.27 bits per heavy atom. The van der Waals surface area contributed by atoms with E-state index in [2.05, 4.69) is 15.3 Å². The van der Waals surface area contributed by atoms with Gasteiger partial charge in [-0.05, 0) is 24.3 Å². The van der Waals surface area contributed by atoms with Crippen LogP contribution in [0.4, 0.5) is 5.13 Å². The van der Waals surface area contributed by atoms with Crippen molar-refractivity contribution in [2.24, 2.45) is 0 Å². The van der Waals surface area contributed by atoms with Crippen LogP contribution in [0.15, 0.2) is 48.0 Å². The number of halogens is 1. The quantitative estimate of drug-likeness (QED) is 0.671. The van der Waals surface area contributed by atoms with Gasteiger partial charge in [-0.1, -0.05) is 36.0 Å². The molecule has 0 fully saturated rings. The third-order valence-corrected chi connectivity index (χ3v) is 4.27. The molecule has 4 nitrogen and oxygen atoms in total. The molecule has 0 aliphatic heterocycles. The normalized spacial score (nSPS) is 10.4. The van der Waals surface area contributed by atoms with Crippen LogP contribution in [0.5, 0.6) is 0 Å². The molecule has 22 heavy (non-hydrogen) atoms. The van der Waals surface area contributed by atoms with Gasteiger partial charge in [-0.3, -0.25) is 10.1 Å². The van der Waals surface area contributed by atoms with Crippen LogP contribution in [0.2, 0.25) is 5.02 Å². The lowest BCUT2D eigenvalue weighted by molar-refractivity contribution is 0.102. The molecule has 0 aliphatic rings. The summed E-state index contributed by atoms with van der Waals surface area (Å²) < 4.78 is 0.398. The Morgan fingerprint density at radius 2 is 2.05 bits per heavy atom. The van der Waals surface area contributed by atoms with Crippen LogP contribution in [0.1, 0.15) is 10.4 Å². The molecule has 2 aromatic heterocycles. The highest BCUT2D eigenvalue weighted by Gasteiger charge is 2.11. The van der Waals surface area contributed by atoms with E-state index in [0.29, 0.717) is 20.4 Å². The van der Waals surface area contributed by atoms with Gasteiger partial charge in [0.1, 0.15) is 4.64 Å². The molecule has 0 unspecified atom stereocenters. The van der Waals surface area contributed by atoms with E-state index in [0.717, 1.165) is 11.3 Å². The third kappa shape index (κ3) is 3.24. The van der Waals surface area contributed by atoms with E-state index in [-0.39, 0.29) is 5.91 Å². The van der Waals surface area contributed by atoms with Gasteiger partial charge in [-0.15, -0.1) is 11.3 Å². The zero-order valence-electron chi connectivity index (χ0n) is 11.2. The SMILES string of the molecule is O=C(Nc1nc(-c2ccc(Cl)cc2)cs1)c1ccc[nH]c1=S. The summed E-state index contributed by atoms with van der Waals surface area (Å²) in [5.41, 5.74) is 2.15. The number of H-pyrrole nitrogens is 1. The summed E-state index contributed by atoms with van der Waals surface area (Å²) in [7, 11) is 0. The van der Waals surface area contributed by atoms with Crippen molar-refractivity contribution in [1.82, 2.24) is 9.97 Å². The Bertz CT molecular complexity index is 871. The second kappa shape index (κ2) is 6.39. The van der Waals surface area contributed by atoms with Gasteiger partial charge < -0.3 is 4.98 Å². The highest BCUT2D eigenvalue weighted by molar-refractivity contribution is 7.71. The van der Waals surface area contributed by atoms with Gasteiger partial charge >= 0.3 is 0 Å². The molecule has 0 bridgehead atoms. The average molecular weight is 348 g/mol. The molecule has 2 N–H and O–H groups in total. The summed E-state index contributed by atoms with van der Waals surface area (Å²) in [5, 5.41) is 5.83. The lowest BCUT2D eigenvalue weighted by Crippen LogP contribution is -2.12. The van der Waals surface area contributed by atoms with Crippen LogP contribution in [0, 0.1) is 4.64 Å². The number of aromatic nitrogens is 2. The van der Waals surface area contributed by atoms with Gasteiger partial charge in [-0.2, -0.15) is 0 Å². The number of benzene rings is 1. The Labute approximate surface area is 140 Å². The first kappa shape index (κ1) is 14.9. The van der Waals surface area contributed by atoms with Crippen LogP contribution in [-0.4, -0.2) is 15.9 Å². The molecular formula is C15H10ClN3OS2. The molecule has 0 radical (unpaired) electrons. The van der Waals surface area contributed by atoms with E-state index in [1.54, 1.807) is 30.5 Å². The van der Waals surface area contributed by atoms with Crippen LogP contribution in [-0.2, 0) is 0 Å². The molecule has 7 heteroatoms. The number of thiazole rings is 1.